The summed E-state index contributed by atoms with van der Waals surface area (Å²) in [5.74, 6) is -0.145. The molecule has 1 aromatic heterocycles. The van der Waals surface area contributed by atoms with Gasteiger partial charge in [-0.25, -0.2) is 0 Å². The van der Waals surface area contributed by atoms with Crippen molar-refractivity contribution < 1.29 is 4.79 Å². The maximum atomic E-state index is 10.2. The Kier molecular flexibility index (Phi) is 1.80. The van der Waals surface area contributed by atoms with E-state index in [1.165, 1.54) is 0 Å². The highest BCUT2D eigenvalue weighted by atomic mass is 16.1. The summed E-state index contributed by atoms with van der Waals surface area (Å²) in [6.45, 7) is 1.79. The number of hydrogen-bond donors (Lipinski definition) is 0. The maximum Gasteiger partial charge on any atom is 0.128 e. The molecule has 0 aliphatic rings. The zero-order valence-electron chi connectivity index (χ0n) is 5.98. The van der Waals surface area contributed by atoms with Crippen LogP contribution in [0.15, 0.2) is 6.20 Å². The van der Waals surface area contributed by atoms with Crippen LogP contribution in [0.1, 0.15) is 18.5 Å². The highest BCUT2D eigenvalue weighted by Crippen LogP contribution is 2.06. The van der Waals surface area contributed by atoms with E-state index in [1.807, 2.05) is 0 Å². The Morgan fingerprint density at radius 1 is 1.80 bits per heavy atom. The molecule has 0 amide bonds. The van der Waals surface area contributed by atoms with E-state index in [0.29, 0.717) is 0 Å². The Hall–Kier alpha value is -1.19. The molecule has 0 N–H and O–H groups in total. The lowest BCUT2D eigenvalue weighted by Crippen LogP contribution is -1.93. The number of carbonyl (C=O) groups is 1. The third kappa shape index (κ3) is 1.21. The number of nitrogens with zero attached hydrogens (tertiary/aromatic N) is 3. The van der Waals surface area contributed by atoms with Gasteiger partial charge in [0.15, 0.2) is 0 Å². The number of hydrogen-bond acceptors (Lipinski definition) is 3. The molecule has 0 fully saturated rings. The summed E-state index contributed by atoms with van der Waals surface area (Å²) >= 11 is 0. The van der Waals surface area contributed by atoms with Crippen molar-refractivity contribution in [1.29, 1.82) is 0 Å². The molecule has 0 saturated heterocycles. The van der Waals surface area contributed by atoms with E-state index in [0.717, 1.165) is 12.0 Å². The summed E-state index contributed by atoms with van der Waals surface area (Å²) in [6.07, 6.45) is 2.59. The van der Waals surface area contributed by atoms with E-state index in [-0.39, 0.29) is 5.92 Å². The third-order valence-corrected chi connectivity index (χ3v) is 1.29. The molecule has 0 aromatic carbocycles. The fourth-order valence-electron chi connectivity index (χ4n) is 0.644. The first-order chi connectivity index (χ1) is 4.74. The average molecular weight is 139 g/mol. The van der Waals surface area contributed by atoms with Crippen molar-refractivity contribution in [2.45, 2.75) is 12.8 Å². The zero-order chi connectivity index (χ0) is 7.56. The van der Waals surface area contributed by atoms with Gasteiger partial charge < -0.3 is 4.79 Å². The molecule has 1 heterocycles. The number of aromatic nitrogens is 3. The van der Waals surface area contributed by atoms with Crippen LogP contribution in [0.25, 0.3) is 0 Å². The molecule has 10 heavy (non-hydrogen) atoms. The van der Waals surface area contributed by atoms with E-state index in [1.54, 1.807) is 24.9 Å². The normalized spacial score (nSPS) is 13.0. The number of aryl methyl sites for hydroxylation is 1. The van der Waals surface area contributed by atoms with Crippen molar-refractivity contribution in [2.24, 2.45) is 7.05 Å². The molecule has 4 nitrogen and oxygen atoms in total. The molecule has 0 aliphatic heterocycles. The minimum absolute atomic E-state index is 0.145. The van der Waals surface area contributed by atoms with E-state index in [4.69, 9.17) is 0 Å². The second-order valence-electron chi connectivity index (χ2n) is 2.24. The first-order valence-corrected chi connectivity index (χ1v) is 3.05. The van der Waals surface area contributed by atoms with Gasteiger partial charge in [-0.2, -0.15) is 0 Å². The van der Waals surface area contributed by atoms with Gasteiger partial charge in [-0.1, -0.05) is 12.1 Å². The molecule has 54 valence electrons. The number of aldehydes is 1. The molecule has 4 heteroatoms. The monoisotopic (exact) mass is 139 g/mol. The first-order valence-electron chi connectivity index (χ1n) is 3.05. The Bertz CT molecular complexity index is 231. The van der Waals surface area contributed by atoms with Gasteiger partial charge in [0, 0.05) is 13.2 Å². The van der Waals surface area contributed by atoms with Crippen LogP contribution in [0.3, 0.4) is 0 Å². The molecule has 0 radical (unpaired) electrons. The molecule has 0 spiro atoms. The zero-order valence-corrected chi connectivity index (χ0v) is 5.98. The fraction of sp³-hybridized carbons (Fsp3) is 0.500. The Morgan fingerprint density at radius 3 is 2.90 bits per heavy atom. The highest BCUT2D eigenvalue weighted by molar-refractivity contribution is 5.59. The van der Waals surface area contributed by atoms with Crippen LogP contribution in [0.4, 0.5) is 0 Å². The predicted molar refractivity (Wildman–Crippen MR) is 35.5 cm³/mol. The van der Waals surface area contributed by atoms with E-state index >= 15 is 0 Å². The largest absolute Gasteiger partial charge is 0.303 e. The maximum absolute atomic E-state index is 10.2. The van der Waals surface area contributed by atoms with Gasteiger partial charge in [0.2, 0.25) is 0 Å². The second-order valence-corrected chi connectivity index (χ2v) is 2.24. The lowest BCUT2D eigenvalue weighted by Gasteiger charge is -1.92. The topological polar surface area (TPSA) is 47.8 Å². The average Bonchev–Trinajstić information content (AvgIpc) is 2.34. The van der Waals surface area contributed by atoms with Crippen molar-refractivity contribution in [3.63, 3.8) is 0 Å². The van der Waals surface area contributed by atoms with Gasteiger partial charge in [0.1, 0.15) is 6.29 Å². The second kappa shape index (κ2) is 2.60. The Morgan fingerprint density at radius 2 is 2.50 bits per heavy atom. The molecule has 1 unspecified atom stereocenters. The van der Waals surface area contributed by atoms with E-state index < -0.39 is 0 Å². The number of carbonyl (C=O) groups excluding carboxylic acids is 1. The summed E-state index contributed by atoms with van der Waals surface area (Å²) in [5, 5.41) is 7.46. The molecule has 0 saturated carbocycles. The van der Waals surface area contributed by atoms with Crippen molar-refractivity contribution >= 4 is 6.29 Å². The van der Waals surface area contributed by atoms with E-state index in [9.17, 15) is 4.79 Å². The SMILES string of the molecule is CC(C=O)c1cn(C)nn1. The smallest absolute Gasteiger partial charge is 0.128 e. The molecule has 0 bridgehead atoms. The van der Waals surface area contributed by atoms with Crippen LogP contribution in [-0.2, 0) is 11.8 Å². The summed E-state index contributed by atoms with van der Waals surface area (Å²) in [5.41, 5.74) is 0.720. The Labute approximate surface area is 58.8 Å². The fourth-order valence-corrected chi connectivity index (χ4v) is 0.644. The summed E-state index contributed by atoms with van der Waals surface area (Å²) in [4.78, 5) is 10.2. The van der Waals surface area contributed by atoms with E-state index in [2.05, 4.69) is 10.3 Å². The molecular weight excluding hydrogens is 130 g/mol. The molecule has 1 rings (SSSR count). The van der Waals surface area contributed by atoms with Crippen LogP contribution in [0.2, 0.25) is 0 Å². The van der Waals surface area contributed by atoms with Gasteiger partial charge in [-0.05, 0) is 0 Å². The van der Waals surface area contributed by atoms with Crippen molar-refractivity contribution in [2.75, 3.05) is 0 Å². The molecule has 0 aliphatic carbocycles. The molecule has 1 atom stereocenters. The van der Waals surface area contributed by atoms with Gasteiger partial charge >= 0.3 is 0 Å². The highest BCUT2D eigenvalue weighted by Gasteiger charge is 2.06. The van der Waals surface area contributed by atoms with Crippen LogP contribution < -0.4 is 0 Å². The van der Waals surface area contributed by atoms with Gasteiger partial charge in [0.05, 0.1) is 11.6 Å². The summed E-state index contributed by atoms with van der Waals surface area (Å²) < 4.78 is 1.58. The van der Waals surface area contributed by atoms with Crippen LogP contribution in [0.5, 0.6) is 0 Å². The van der Waals surface area contributed by atoms with Crippen molar-refractivity contribution in [3.05, 3.63) is 11.9 Å². The van der Waals surface area contributed by atoms with Crippen molar-refractivity contribution in [1.82, 2.24) is 15.0 Å². The summed E-state index contributed by atoms with van der Waals surface area (Å²) in [6, 6.07) is 0. The van der Waals surface area contributed by atoms with Crippen LogP contribution >= 0.6 is 0 Å². The van der Waals surface area contributed by atoms with Gasteiger partial charge in [-0.3, -0.25) is 4.68 Å². The van der Waals surface area contributed by atoms with Crippen LogP contribution in [-0.4, -0.2) is 21.3 Å². The van der Waals surface area contributed by atoms with Gasteiger partial charge in [-0.15, -0.1) is 5.10 Å². The minimum Gasteiger partial charge on any atom is -0.303 e. The minimum atomic E-state index is -0.145. The third-order valence-electron chi connectivity index (χ3n) is 1.29. The lowest BCUT2D eigenvalue weighted by molar-refractivity contribution is -0.108. The lowest BCUT2D eigenvalue weighted by atomic mass is 10.1. The summed E-state index contributed by atoms with van der Waals surface area (Å²) in [7, 11) is 1.77. The standard InChI is InChI=1S/C6H9N3O/c1-5(4-10)6-3-9(2)8-7-6/h3-5H,1-2H3. The van der Waals surface area contributed by atoms with Crippen LogP contribution in [0, 0.1) is 0 Å². The predicted octanol–water partition coefficient (Wildman–Crippen LogP) is 0.117. The molecular formula is C6H9N3O. The van der Waals surface area contributed by atoms with Crippen molar-refractivity contribution in [3.8, 4) is 0 Å². The Balaban J connectivity index is 2.84. The van der Waals surface area contributed by atoms with Gasteiger partial charge in [0.25, 0.3) is 0 Å². The number of rotatable bonds is 2. The molecule has 1 aromatic rings. The quantitative estimate of drug-likeness (QED) is 0.547. The first kappa shape index (κ1) is 6.92.